The second kappa shape index (κ2) is 4.07. The lowest BCUT2D eigenvalue weighted by Gasteiger charge is -2.12. The molecule has 2 aromatic heterocycles. The molecule has 0 bridgehead atoms. The van der Waals surface area contributed by atoms with Crippen LogP contribution in [0.25, 0.3) is 10.2 Å². The van der Waals surface area contributed by atoms with Gasteiger partial charge in [0.05, 0.1) is 5.39 Å². The summed E-state index contributed by atoms with van der Waals surface area (Å²) in [6.07, 6.45) is 2.60. The molecule has 1 unspecified atom stereocenters. The summed E-state index contributed by atoms with van der Waals surface area (Å²) in [4.78, 5) is 16.3. The molecule has 0 radical (unpaired) electrons. The summed E-state index contributed by atoms with van der Waals surface area (Å²) >= 11 is 6.80. The summed E-state index contributed by atoms with van der Waals surface area (Å²) in [5.74, 6) is 1.33. The van der Waals surface area contributed by atoms with E-state index >= 15 is 0 Å². The van der Waals surface area contributed by atoms with Crippen LogP contribution in [0.3, 0.4) is 0 Å². The molecule has 1 saturated carbocycles. The number of hydrogen-bond donors (Lipinski definition) is 1. The van der Waals surface area contributed by atoms with Crippen LogP contribution in [-0.4, -0.2) is 9.55 Å². The van der Waals surface area contributed by atoms with E-state index in [1.54, 1.807) is 4.57 Å². The molecule has 90 valence electrons. The maximum absolute atomic E-state index is 12.3. The van der Waals surface area contributed by atoms with Gasteiger partial charge < -0.3 is 4.98 Å². The van der Waals surface area contributed by atoms with Gasteiger partial charge in [-0.15, -0.1) is 11.3 Å². The maximum Gasteiger partial charge on any atom is 0.263 e. The number of fused-ring (bicyclic) bond motifs is 1. The van der Waals surface area contributed by atoms with Crippen molar-refractivity contribution in [2.45, 2.75) is 26.3 Å². The summed E-state index contributed by atoms with van der Waals surface area (Å²) < 4.78 is 2.27. The summed E-state index contributed by atoms with van der Waals surface area (Å²) in [6.45, 7) is 2.95. The fourth-order valence-electron chi connectivity index (χ4n) is 2.24. The zero-order valence-corrected chi connectivity index (χ0v) is 11.2. The van der Waals surface area contributed by atoms with Gasteiger partial charge in [-0.2, -0.15) is 0 Å². The first kappa shape index (κ1) is 11.2. The minimum Gasteiger partial charge on any atom is -0.323 e. The lowest BCUT2D eigenvalue weighted by molar-refractivity contribution is 0.419. The van der Waals surface area contributed by atoms with Crippen LogP contribution in [0.15, 0.2) is 16.2 Å². The third-order valence-corrected chi connectivity index (χ3v) is 4.66. The van der Waals surface area contributed by atoms with Crippen molar-refractivity contribution in [3.63, 3.8) is 0 Å². The fourth-order valence-corrected chi connectivity index (χ4v) is 3.35. The molecule has 0 spiro atoms. The van der Waals surface area contributed by atoms with Gasteiger partial charge in [0.15, 0.2) is 4.77 Å². The van der Waals surface area contributed by atoms with Crippen molar-refractivity contribution in [2.24, 2.45) is 11.8 Å². The zero-order valence-electron chi connectivity index (χ0n) is 9.60. The first-order valence-corrected chi connectivity index (χ1v) is 7.16. The molecule has 3 nitrogen and oxygen atoms in total. The van der Waals surface area contributed by atoms with Crippen molar-refractivity contribution < 1.29 is 0 Å². The Morgan fingerprint density at radius 3 is 3.12 bits per heavy atom. The number of aromatic amines is 1. The Balaban J connectivity index is 2.08. The third-order valence-electron chi connectivity index (χ3n) is 3.50. The molecule has 0 saturated heterocycles. The molecule has 1 atom stereocenters. The number of aromatic nitrogens is 2. The summed E-state index contributed by atoms with van der Waals surface area (Å²) in [6, 6.07) is 1.87. The summed E-state index contributed by atoms with van der Waals surface area (Å²) in [7, 11) is 0. The van der Waals surface area contributed by atoms with E-state index < -0.39 is 0 Å². The average Bonchev–Trinajstić information content (AvgIpc) is 3.04. The van der Waals surface area contributed by atoms with Gasteiger partial charge >= 0.3 is 0 Å². The Hall–Kier alpha value is -0.940. The van der Waals surface area contributed by atoms with Crippen molar-refractivity contribution in [3.8, 4) is 0 Å². The van der Waals surface area contributed by atoms with Gasteiger partial charge in [0, 0.05) is 6.54 Å². The molecule has 3 rings (SSSR count). The molecule has 1 N–H and O–H groups in total. The Morgan fingerprint density at radius 1 is 1.65 bits per heavy atom. The Kier molecular flexibility index (Phi) is 2.67. The normalized spacial score (nSPS) is 17.5. The number of hydrogen-bond acceptors (Lipinski definition) is 3. The van der Waals surface area contributed by atoms with E-state index in [1.165, 1.54) is 24.2 Å². The lowest BCUT2D eigenvalue weighted by atomic mass is 10.1. The topological polar surface area (TPSA) is 37.8 Å². The van der Waals surface area contributed by atoms with Crippen molar-refractivity contribution in [1.82, 2.24) is 9.55 Å². The summed E-state index contributed by atoms with van der Waals surface area (Å²) in [5, 5.41) is 2.68. The van der Waals surface area contributed by atoms with Gasteiger partial charge in [-0.3, -0.25) is 9.36 Å². The van der Waals surface area contributed by atoms with E-state index in [1.807, 2.05) is 11.4 Å². The SMILES string of the molecule is CC(Cn1c(=S)[nH]c2sccc2c1=O)C1CC1. The molecule has 2 aromatic rings. The Labute approximate surface area is 108 Å². The molecular formula is C12H14N2OS2. The molecule has 5 heteroatoms. The molecule has 0 aliphatic heterocycles. The molecule has 2 heterocycles. The van der Waals surface area contributed by atoms with E-state index in [2.05, 4.69) is 11.9 Å². The highest BCUT2D eigenvalue weighted by molar-refractivity contribution is 7.71. The number of nitrogens with one attached hydrogen (secondary N) is 1. The van der Waals surface area contributed by atoms with Gasteiger partial charge in [-0.1, -0.05) is 6.92 Å². The second-order valence-electron chi connectivity index (χ2n) is 4.82. The quantitative estimate of drug-likeness (QED) is 0.867. The summed E-state index contributed by atoms with van der Waals surface area (Å²) in [5.41, 5.74) is 0.0532. The smallest absolute Gasteiger partial charge is 0.263 e. The van der Waals surface area contributed by atoms with Crippen LogP contribution in [0.4, 0.5) is 0 Å². The van der Waals surface area contributed by atoms with E-state index in [9.17, 15) is 4.79 Å². The van der Waals surface area contributed by atoms with Gasteiger partial charge in [-0.25, -0.2) is 0 Å². The van der Waals surface area contributed by atoms with Gasteiger partial charge in [0.1, 0.15) is 4.83 Å². The predicted octanol–water partition coefficient (Wildman–Crippen LogP) is 3.17. The van der Waals surface area contributed by atoms with Crippen molar-refractivity contribution in [3.05, 3.63) is 26.6 Å². The highest BCUT2D eigenvalue weighted by Gasteiger charge is 2.28. The second-order valence-corrected chi connectivity index (χ2v) is 6.13. The minimum atomic E-state index is 0.0532. The minimum absolute atomic E-state index is 0.0532. The molecule has 1 fully saturated rings. The average molecular weight is 266 g/mol. The fraction of sp³-hybridized carbons (Fsp3) is 0.500. The number of thiophene rings is 1. The standard InChI is InChI=1S/C12H14N2OS2/c1-7(8-2-3-8)6-14-11(15)9-4-5-17-10(9)13-12(14)16/h4-5,7-8H,2-3,6H2,1H3,(H,13,16). The molecule has 0 amide bonds. The first-order valence-electron chi connectivity index (χ1n) is 5.87. The highest BCUT2D eigenvalue weighted by Crippen LogP contribution is 2.37. The number of H-pyrrole nitrogens is 1. The predicted molar refractivity (Wildman–Crippen MR) is 73.2 cm³/mol. The van der Waals surface area contributed by atoms with Gasteiger partial charge in [0.2, 0.25) is 0 Å². The van der Waals surface area contributed by atoms with Crippen LogP contribution in [0, 0.1) is 16.6 Å². The van der Waals surface area contributed by atoms with Gasteiger partial charge in [-0.05, 0) is 48.3 Å². The van der Waals surface area contributed by atoms with Crippen LogP contribution < -0.4 is 5.56 Å². The maximum atomic E-state index is 12.3. The van der Waals surface area contributed by atoms with Crippen molar-refractivity contribution in [1.29, 1.82) is 0 Å². The zero-order chi connectivity index (χ0) is 12.0. The van der Waals surface area contributed by atoms with E-state index in [4.69, 9.17) is 12.2 Å². The van der Waals surface area contributed by atoms with Crippen molar-refractivity contribution in [2.75, 3.05) is 0 Å². The number of rotatable bonds is 3. The van der Waals surface area contributed by atoms with E-state index in [0.717, 1.165) is 22.7 Å². The molecular weight excluding hydrogens is 252 g/mol. The van der Waals surface area contributed by atoms with E-state index in [0.29, 0.717) is 10.7 Å². The molecule has 1 aliphatic rings. The monoisotopic (exact) mass is 266 g/mol. The molecule has 1 aliphatic carbocycles. The van der Waals surface area contributed by atoms with Crippen molar-refractivity contribution >= 4 is 33.8 Å². The Morgan fingerprint density at radius 2 is 2.41 bits per heavy atom. The highest BCUT2D eigenvalue weighted by atomic mass is 32.1. The number of nitrogens with zero attached hydrogens (tertiary/aromatic N) is 1. The Bertz CT molecular complexity index is 663. The molecule has 17 heavy (non-hydrogen) atoms. The van der Waals surface area contributed by atoms with Crippen LogP contribution in [-0.2, 0) is 6.54 Å². The van der Waals surface area contributed by atoms with Crippen LogP contribution in [0.1, 0.15) is 19.8 Å². The van der Waals surface area contributed by atoms with Crippen LogP contribution in [0.5, 0.6) is 0 Å². The largest absolute Gasteiger partial charge is 0.323 e. The third kappa shape index (κ3) is 1.98. The lowest BCUT2D eigenvalue weighted by Crippen LogP contribution is -2.25. The van der Waals surface area contributed by atoms with Crippen LogP contribution in [0.2, 0.25) is 0 Å². The van der Waals surface area contributed by atoms with Gasteiger partial charge in [0.25, 0.3) is 5.56 Å². The first-order chi connectivity index (χ1) is 8.16. The molecule has 0 aromatic carbocycles. The van der Waals surface area contributed by atoms with Crippen LogP contribution >= 0.6 is 23.6 Å². The van der Waals surface area contributed by atoms with E-state index in [-0.39, 0.29) is 5.56 Å².